The predicted octanol–water partition coefficient (Wildman–Crippen LogP) is 2.64. The van der Waals surface area contributed by atoms with Crippen molar-refractivity contribution < 1.29 is 8.42 Å². The number of rotatable bonds is 6. The number of nitrogens with two attached hydrogens (primary N) is 1. The molecule has 2 N–H and O–H groups in total. The van der Waals surface area contributed by atoms with E-state index in [0.717, 1.165) is 24.8 Å². The Balaban J connectivity index is 2.24. The summed E-state index contributed by atoms with van der Waals surface area (Å²) in [6.07, 6.45) is 4.32. The summed E-state index contributed by atoms with van der Waals surface area (Å²) in [4.78, 5) is 0.313. The van der Waals surface area contributed by atoms with E-state index in [0.29, 0.717) is 29.6 Å². The van der Waals surface area contributed by atoms with Crippen LogP contribution in [0.3, 0.4) is 0 Å². The van der Waals surface area contributed by atoms with Gasteiger partial charge in [-0.2, -0.15) is 4.31 Å². The number of hydrogen-bond donors (Lipinski definition) is 1. The van der Waals surface area contributed by atoms with Crippen molar-refractivity contribution in [1.29, 1.82) is 0 Å². The largest absolute Gasteiger partial charge is 0.398 e. The average molecular weight is 296 g/mol. The van der Waals surface area contributed by atoms with E-state index < -0.39 is 10.0 Å². The van der Waals surface area contributed by atoms with Crippen LogP contribution in [0.25, 0.3) is 0 Å². The summed E-state index contributed by atoms with van der Waals surface area (Å²) >= 11 is 0. The van der Waals surface area contributed by atoms with Crippen molar-refractivity contribution in [3.8, 4) is 0 Å². The highest BCUT2D eigenvalue weighted by atomic mass is 32.2. The van der Waals surface area contributed by atoms with Crippen LogP contribution in [0.15, 0.2) is 23.1 Å². The van der Waals surface area contributed by atoms with Gasteiger partial charge in [-0.1, -0.05) is 26.3 Å². The third-order valence-corrected chi connectivity index (χ3v) is 6.11. The molecule has 0 aromatic heterocycles. The van der Waals surface area contributed by atoms with E-state index >= 15 is 0 Å². The number of benzene rings is 1. The Kier molecular flexibility index (Phi) is 4.70. The predicted molar refractivity (Wildman–Crippen MR) is 82.0 cm³/mol. The van der Waals surface area contributed by atoms with Gasteiger partial charge in [0, 0.05) is 18.8 Å². The lowest BCUT2D eigenvalue weighted by Gasteiger charge is -2.31. The Morgan fingerprint density at radius 2 is 2.00 bits per heavy atom. The molecule has 0 amide bonds. The van der Waals surface area contributed by atoms with E-state index in [1.165, 1.54) is 6.42 Å². The molecular formula is C15H24N2O2S. The standard InChI is InChI=1S/C15H24N2O2S/c1-3-13-8-9-14(10-15(13)16)20(18,19)17(4-2)11-12-6-5-7-12/h8-10,12H,3-7,11,16H2,1-2H3. The summed E-state index contributed by atoms with van der Waals surface area (Å²) in [5.74, 6) is 0.525. The minimum absolute atomic E-state index is 0.313. The highest BCUT2D eigenvalue weighted by molar-refractivity contribution is 7.89. The van der Waals surface area contributed by atoms with Crippen LogP contribution in [0, 0.1) is 5.92 Å². The summed E-state index contributed by atoms with van der Waals surface area (Å²) in [5, 5.41) is 0. The van der Waals surface area contributed by atoms with Gasteiger partial charge in [-0.3, -0.25) is 0 Å². The van der Waals surface area contributed by atoms with Crippen LogP contribution in [-0.2, 0) is 16.4 Å². The third-order valence-electron chi connectivity index (χ3n) is 4.18. The van der Waals surface area contributed by atoms with Crippen LogP contribution in [-0.4, -0.2) is 25.8 Å². The van der Waals surface area contributed by atoms with Gasteiger partial charge in [0.15, 0.2) is 0 Å². The number of aryl methyl sites for hydroxylation is 1. The normalized spacial score (nSPS) is 16.4. The molecule has 1 saturated carbocycles. The lowest BCUT2D eigenvalue weighted by molar-refractivity contribution is 0.250. The summed E-state index contributed by atoms with van der Waals surface area (Å²) in [7, 11) is -3.42. The van der Waals surface area contributed by atoms with Gasteiger partial charge in [-0.25, -0.2) is 8.42 Å². The first-order valence-corrected chi connectivity index (χ1v) is 8.81. The Morgan fingerprint density at radius 1 is 1.30 bits per heavy atom. The zero-order chi connectivity index (χ0) is 14.8. The second-order valence-electron chi connectivity index (χ2n) is 5.47. The van der Waals surface area contributed by atoms with E-state index in [4.69, 9.17) is 5.73 Å². The van der Waals surface area contributed by atoms with Gasteiger partial charge in [-0.05, 0) is 42.9 Å². The van der Waals surface area contributed by atoms with Crippen LogP contribution >= 0.6 is 0 Å². The van der Waals surface area contributed by atoms with Crippen molar-refractivity contribution in [1.82, 2.24) is 4.31 Å². The van der Waals surface area contributed by atoms with E-state index in [2.05, 4.69) is 0 Å². The minimum atomic E-state index is -3.42. The maximum Gasteiger partial charge on any atom is 0.243 e. The molecule has 4 nitrogen and oxygen atoms in total. The Morgan fingerprint density at radius 3 is 2.45 bits per heavy atom. The van der Waals surface area contributed by atoms with E-state index in [-0.39, 0.29) is 0 Å². The molecule has 0 heterocycles. The van der Waals surface area contributed by atoms with E-state index in [9.17, 15) is 8.42 Å². The lowest BCUT2D eigenvalue weighted by atomic mass is 9.85. The molecule has 1 aromatic carbocycles. The number of nitrogen functional groups attached to an aromatic ring is 1. The first kappa shape index (κ1) is 15.3. The molecule has 0 aliphatic heterocycles. The highest BCUT2D eigenvalue weighted by Gasteiger charge is 2.28. The highest BCUT2D eigenvalue weighted by Crippen LogP contribution is 2.29. The maximum atomic E-state index is 12.7. The molecule has 0 saturated heterocycles. The molecule has 0 radical (unpaired) electrons. The van der Waals surface area contributed by atoms with Crippen LogP contribution < -0.4 is 5.73 Å². The number of hydrogen-bond acceptors (Lipinski definition) is 3. The molecule has 2 rings (SSSR count). The molecule has 20 heavy (non-hydrogen) atoms. The van der Waals surface area contributed by atoms with Crippen LogP contribution in [0.1, 0.15) is 38.7 Å². The summed E-state index contributed by atoms with van der Waals surface area (Å²) < 4.78 is 26.9. The van der Waals surface area contributed by atoms with Crippen LogP contribution in [0.2, 0.25) is 0 Å². The molecule has 0 spiro atoms. The third kappa shape index (κ3) is 2.99. The number of sulfonamides is 1. The molecule has 0 bridgehead atoms. The van der Waals surface area contributed by atoms with Gasteiger partial charge in [-0.15, -0.1) is 0 Å². The maximum absolute atomic E-state index is 12.7. The molecule has 1 aromatic rings. The zero-order valence-electron chi connectivity index (χ0n) is 12.3. The van der Waals surface area contributed by atoms with Gasteiger partial charge in [0.05, 0.1) is 4.90 Å². The van der Waals surface area contributed by atoms with Crippen molar-refractivity contribution in [2.45, 2.75) is 44.4 Å². The quantitative estimate of drug-likeness (QED) is 0.821. The molecule has 1 aliphatic carbocycles. The topological polar surface area (TPSA) is 63.4 Å². The van der Waals surface area contributed by atoms with Gasteiger partial charge < -0.3 is 5.73 Å². The molecule has 0 unspecified atom stereocenters. The zero-order valence-corrected chi connectivity index (χ0v) is 13.1. The molecular weight excluding hydrogens is 272 g/mol. The second kappa shape index (κ2) is 6.14. The minimum Gasteiger partial charge on any atom is -0.398 e. The molecule has 1 aliphatic rings. The first-order chi connectivity index (χ1) is 9.48. The van der Waals surface area contributed by atoms with Crippen molar-refractivity contribution in [2.24, 2.45) is 5.92 Å². The van der Waals surface area contributed by atoms with E-state index in [1.807, 2.05) is 19.9 Å². The Hall–Kier alpha value is -1.07. The van der Waals surface area contributed by atoms with Crippen molar-refractivity contribution in [3.05, 3.63) is 23.8 Å². The lowest BCUT2D eigenvalue weighted by Crippen LogP contribution is -2.37. The SMILES string of the molecule is CCc1ccc(S(=O)(=O)N(CC)CC2CCC2)cc1N. The smallest absolute Gasteiger partial charge is 0.243 e. The average Bonchev–Trinajstić information content (AvgIpc) is 2.37. The van der Waals surface area contributed by atoms with Crippen molar-refractivity contribution in [3.63, 3.8) is 0 Å². The molecule has 5 heteroatoms. The Labute approximate surface area is 122 Å². The number of nitrogens with zero attached hydrogens (tertiary/aromatic N) is 1. The van der Waals surface area contributed by atoms with Crippen LogP contribution in [0.4, 0.5) is 5.69 Å². The second-order valence-corrected chi connectivity index (χ2v) is 7.40. The molecule has 1 fully saturated rings. The summed E-state index contributed by atoms with van der Waals surface area (Å²) in [5.41, 5.74) is 7.48. The van der Waals surface area contributed by atoms with Crippen molar-refractivity contribution >= 4 is 15.7 Å². The fraction of sp³-hybridized carbons (Fsp3) is 0.600. The monoisotopic (exact) mass is 296 g/mol. The Bertz CT molecular complexity index is 565. The van der Waals surface area contributed by atoms with E-state index in [1.54, 1.807) is 16.4 Å². The van der Waals surface area contributed by atoms with Gasteiger partial charge in [0.1, 0.15) is 0 Å². The van der Waals surface area contributed by atoms with Gasteiger partial charge in [0.2, 0.25) is 10.0 Å². The fourth-order valence-corrected chi connectivity index (χ4v) is 4.13. The van der Waals surface area contributed by atoms with Crippen molar-refractivity contribution in [2.75, 3.05) is 18.8 Å². The first-order valence-electron chi connectivity index (χ1n) is 7.37. The van der Waals surface area contributed by atoms with Gasteiger partial charge >= 0.3 is 0 Å². The fourth-order valence-electron chi connectivity index (χ4n) is 2.57. The molecule has 112 valence electrons. The number of anilines is 1. The summed E-state index contributed by atoms with van der Waals surface area (Å²) in [6.45, 7) is 5.04. The van der Waals surface area contributed by atoms with Gasteiger partial charge in [0.25, 0.3) is 0 Å². The van der Waals surface area contributed by atoms with Crippen LogP contribution in [0.5, 0.6) is 0 Å². The molecule has 0 atom stereocenters. The summed E-state index contributed by atoms with van der Waals surface area (Å²) in [6, 6.07) is 5.09.